The van der Waals surface area contributed by atoms with Crippen molar-refractivity contribution in [1.82, 2.24) is 4.57 Å². The zero-order valence-corrected chi connectivity index (χ0v) is 14.7. The lowest BCUT2D eigenvalue weighted by molar-refractivity contribution is -0.141. The summed E-state index contributed by atoms with van der Waals surface area (Å²) in [5.41, 5.74) is 2.56. The van der Waals surface area contributed by atoms with Crippen molar-refractivity contribution in [2.75, 3.05) is 6.54 Å². The van der Waals surface area contributed by atoms with Crippen molar-refractivity contribution in [3.8, 4) is 0 Å². The van der Waals surface area contributed by atoms with Crippen molar-refractivity contribution < 1.29 is 4.79 Å². The van der Waals surface area contributed by atoms with Gasteiger partial charge in [0.05, 0.1) is 5.92 Å². The van der Waals surface area contributed by atoms with Crippen LogP contribution in [-0.2, 0) is 11.2 Å². The molecule has 0 radical (unpaired) electrons. The number of aryl methyl sites for hydroxylation is 1. The van der Waals surface area contributed by atoms with E-state index >= 15 is 0 Å². The number of benzene rings is 1. The van der Waals surface area contributed by atoms with Crippen molar-refractivity contribution >= 4 is 14.1 Å². The van der Waals surface area contributed by atoms with Crippen molar-refractivity contribution in [3.63, 3.8) is 0 Å². The Kier molecular flexibility index (Phi) is 3.85. The van der Waals surface area contributed by atoms with E-state index in [1.807, 2.05) is 0 Å². The molecule has 2 nitrogen and oxygen atoms in total. The lowest BCUT2D eigenvalue weighted by Crippen LogP contribution is -2.67. The highest BCUT2D eigenvalue weighted by atomic mass is 28.3. The van der Waals surface area contributed by atoms with Crippen LogP contribution in [0.3, 0.4) is 0 Å². The molecule has 0 saturated carbocycles. The Bertz CT molecular complexity index is 499. The Morgan fingerprint density at radius 3 is 2.20 bits per heavy atom. The Morgan fingerprint density at radius 2 is 1.75 bits per heavy atom. The molecule has 0 bridgehead atoms. The summed E-state index contributed by atoms with van der Waals surface area (Å²) >= 11 is 0. The van der Waals surface area contributed by atoms with Gasteiger partial charge >= 0.3 is 0 Å². The van der Waals surface area contributed by atoms with E-state index in [1.165, 1.54) is 11.1 Å². The summed E-state index contributed by atoms with van der Waals surface area (Å²) in [5.74, 6) is 0.573. The Hall–Kier alpha value is -1.09. The second kappa shape index (κ2) is 5.03. The van der Waals surface area contributed by atoms with Gasteiger partial charge in [0, 0.05) is 6.54 Å². The first-order valence-corrected chi connectivity index (χ1v) is 10.4. The van der Waals surface area contributed by atoms with Crippen molar-refractivity contribution in [1.29, 1.82) is 0 Å². The molecule has 0 N–H and O–H groups in total. The minimum atomic E-state index is -1.67. The molecule has 1 unspecified atom stereocenters. The largest absolute Gasteiger partial charge is 0.368 e. The highest BCUT2D eigenvalue weighted by Gasteiger charge is 2.50. The maximum absolute atomic E-state index is 12.5. The highest BCUT2D eigenvalue weighted by Crippen LogP contribution is 2.42. The zero-order chi connectivity index (χ0) is 15.1. The summed E-state index contributed by atoms with van der Waals surface area (Å²) in [4.78, 5) is 12.5. The number of rotatable bonds is 3. The Balaban J connectivity index is 2.01. The fourth-order valence-electron chi connectivity index (χ4n) is 2.57. The number of carbonyl (C=O) groups is 1. The van der Waals surface area contributed by atoms with Gasteiger partial charge in [0.2, 0.25) is 5.91 Å². The number of β-lactam (4-membered cyclic amide) rings is 1. The normalized spacial score (nSPS) is 20.0. The number of hydrogen-bond donors (Lipinski definition) is 0. The topological polar surface area (TPSA) is 20.3 Å². The maximum atomic E-state index is 12.5. The predicted octanol–water partition coefficient (Wildman–Crippen LogP) is 4.00. The molecule has 2 rings (SSSR count). The molecule has 20 heavy (non-hydrogen) atoms. The fourth-order valence-corrected chi connectivity index (χ4v) is 4.79. The quantitative estimate of drug-likeness (QED) is 0.608. The molecule has 0 aliphatic carbocycles. The van der Waals surface area contributed by atoms with E-state index in [2.05, 4.69) is 69.6 Å². The molecule has 1 fully saturated rings. The third-order valence-electron chi connectivity index (χ3n) is 5.13. The van der Waals surface area contributed by atoms with Gasteiger partial charge in [-0.3, -0.25) is 4.79 Å². The Labute approximate surface area is 124 Å². The van der Waals surface area contributed by atoms with E-state index in [-0.39, 0.29) is 11.0 Å². The molecule has 0 aromatic heterocycles. The van der Waals surface area contributed by atoms with Gasteiger partial charge < -0.3 is 4.57 Å². The van der Waals surface area contributed by atoms with E-state index in [0.717, 1.165) is 13.0 Å². The lowest BCUT2D eigenvalue weighted by atomic mass is 9.93. The van der Waals surface area contributed by atoms with Crippen LogP contribution < -0.4 is 0 Å². The lowest BCUT2D eigenvalue weighted by Gasteiger charge is -2.53. The molecule has 3 heteroatoms. The van der Waals surface area contributed by atoms with Crippen LogP contribution in [0.2, 0.25) is 18.1 Å². The van der Waals surface area contributed by atoms with Crippen LogP contribution in [0.1, 0.15) is 31.9 Å². The van der Waals surface area contributed by atoms with E-state index in [9.17, 15) is 4.79 Å². The first kappa shape index (κ1) is 15.3. The van der Waals surface area contributed by atoms with Crippen molar-refractivity contribution in [2.45, 2.75) is 52.2 Å². The number of nitrogens with zero attached hydrogens (tertiary/aromatic N) is 1. The second-order valence-electron chi connectivity index (χ2n) is 7.64. The highest BCUT2D eigenvalue weighted by molar-refractivity contribution is 6.79. The third kappa shape index (κ3) is 2.69. The van der Waals surface area contributed by atoms with Gasteiger partial charge in [0.25, 0.3) is 0 Å². The predicted molar refractivity (Wildman–Crippen MR) is 87.3 cm³/mol. The van der Waals surface area contributed by atoms with Crippen LogP contribution in [0, 0.1) is 12.8 Å². The third-order valence-corrected chi connectivity index (χ3v) is 10.6. The minimum Gasteiger partial charge on any atom is -0.368 e. The molecule has 1 amide bonds. The van der Waals surface area contributed by atoms with Crippen LogP contribution in [0.15, 0.2) is 24.3 Å². The summed E-state index contributed by atoms with van der Waals surface area (Å²) < 4.78 is 2.19. The summed E-state index contributed by atoms with van der Waals surface area (Å²) in [5, 5.41) is 0.234. The Morgan fingerprint density at radius 1 is 1.20 bits per heavy atom. The van der Waals surface area contributed by atoms with E-state index in [4.69, 9.17) is 0 Å². The monoisotopic (exact) mass is 289 g/mol. The fraction of sp³-hybridized carbons (Fsp3) is 0.588. The van der Waals surface area contributed by atoms with Crippen LogP contribution in [0.5, 0.6) is 0 Å². The maximum Gasteiger partial charge on any atom is 0.219 e. The van der Waals surface area contributed by atoms with Crippen LogP contribution >= 0.6 is 0 Å². The van der Waals surface area contributed by atoms with E-state index in [1.54, 1.807) is 0 Å². The van der Waals surface area contributed by atoms with Gasteiger partial charge in [0.15, 0.2) is 8.24 Å². The molecule has 1 aromatic rings. The average Bonchev–Trinajstić information content (AvgIpc) is 2.34. The molecule has 1 aliphatic rings. The van der Waals surface area contributed by atoms with Crippen LogP contribution in [0.4, 0.5) is 0 Å². The standard InChI is InChI=1S/C17H27NOSi/c1-13-7-9-14(10-8-13)11-15-12-18(16(15)19)20(5,6)17(2,3)4/h7-10,15H,11-12H2,1-6H3. The summed E-state index contributed by atoms with van der Waals surface area (Å²) in [6, 6.07) is 8.56. The van der Waals surface area contributed by atoms with Crippen LogP contribution in [-0.4, -0.2) is 25.3 Å². The number of amides is 1. The summed E-state index contributed by atoms with van der Waals surface area (Å²) in [7, 11) is -1.67. The second-order valence-corrected chi connectivity index (χ2v) is 12.8. The van der Waals surface area contributed by atoms with Crippen molar-refractivity contribution in [3.05, 3.63) is 35.4 Å². The average molecular weight is 289 g/mol. The molecule has 1 aliphatic heterocycles. The first-order chi connectivity index (χ1) is 9.13. The van der Waals surface area contributed by atoms with Crippen LogP contribution in [0.25, 0.3) is 0 Å². The van der Waals surface area contributed by atoms with Gasteiger partial charge in [0.1, 0.15) is 0 Å². The molecule has 1 aromatic carbocycles. The molecule has 1 atom stereocenters. The zero-order valence-electron chi connectivity index (χ0n) is 13.7. The smallest absolute Gasteiger partial charge is 0.219 e. The minimum absolute atomic E-state index is 0.201. The number of hydrogen-bond acceptors (Lipinski definition) is 1. The van der Waals surface area contributed by atoms with Gasteiger partial charge in [-0.2, -0.15) is 0 Å². The molecule has 1 saturated heterocycles. The SMILES string of the molecule is Cc1ccc(CC2CN([Si](C)(C)C(C)(C)C)C2=O)cc1. The molecule has 110 valence electrons. The summed E-state index contributed by atoms with van der Waals surface area (Å²) in [6.07, 6.45) is 0.893. The van der Waals surface area contributed by atoms with E-state index < -0.39 is 8.24 Å². The summed E-state index contributed by atoms with van der Waals surface area (Å²) in [6.45, 7) is 14.5. The van der Waals surface area contributed by atoms with Gasteiger partial charge in [-0.05, 0) is 23.9 Å². The van der Waals surface area contributed by atoms with Gasteiger partial charge in [-0.25, -0.2) is 0 Å². The van der Waals surface area contributed by atoms with Gasteiger partial charge in [-0.15, -0.1) is 0 Å². The molecular weight excluding hydrogens is 262 g/mol. The van der Waals surface area contributed by atoms with E-state index in [0.29, 0.717) is 5.91 Å². The molecular formula is C17H27NOSi. The van der Waals surface area contributed by atoms with Crippen molar-refractivity contribution in [2.24, 2.45) is 5.92 Å². The first-order valence-electron chi connectivity index (χ1n) is 7.50. The molecule has 1 heterocycles. The molecule has 0 spiro atoms. The van der Waals surface area contributed by atoms with Gasteiger partial charge in [-0.1, -0.05) is 63.7 Å². The number of carbonyl (C=O) groups excluding carboxylic acids is 1.